The minimum absolute atomic E-state index is 0.0231. The van der Waals surface area contributed by atoms with E-state index in [2.05, 4.69) is 10.3 Å². The highest BCUT2D eigenvalue weighted by Gasteiger charge is 2.21. The summed E-state index contributed by atoms with van der Waals surface area (Å²) in [6.07, 6.45) is 1.78. The van der Waals surface area contributed by atoms with E-state index in [-0.39, 0.29) is 17.2 Å². The monoisotopic (exact) mass is 526 g/mol. The average Bonchev–Trinajstić information content (AvgIpc) is 3.37. The molecule has 5 aromatic rings. The first kappa shape index (κ1) is 25.2. The van der Waals surface area contributed by atoms with E-state index < -0.39 is 0 Å². The topological polar surface area (TPSA) is 98.2 Å². The van der Waals surface area contributed by atoms with Gasteiger partial charge in [-0.25, -0.2) is 9.55 Å². The fraction of sp³-hybridized carbons (Fsp3) is 0.138. The molecule has 0 unspecified atom stereocenters. The number of fused-ring (bicyclic) bond motifs is 1. The van der Waals surface area contributed by atoms with Crippen LogP contribution in [0.1, 0.15) is 5.56 Å². The Morgan fingerprint density at radius 2 is 1.74 bits per heavy atom. The van der Waals surface area contributed by atoms with E-state index in [9.17, 15) is 9.59 Å². The number of amides is 1. The number of nitrogens with one attached hydrogen (secondary N) is 2. The maximum atomic E-state index is 13.8. The van der Waals surface area contributed by atoms with Crippen molar-refractivity contribution in [3.63, 3.8) is 0 Å². The Balaban J connectivity index is 1.57. The molecule has 2 heterocycles. The molecule has 0 aliphatic rings. The zero-order valence-corrected chi connectivity index (χ0v) is 22.0. The molecule has 5 rings (SSSR count). The molecule has 0 radical (unpaired) electrons. The van der Waals surface area contributed by atoms with Crippen molar-refractivity contribution in [2.24, 2.45) is 0 Å². The molecule has 9 heteroatoms. The molecule has 192 valence electrons. The van der Waals surface area contributed by atoms with Crippen molar-refractivity contribution < 1.29 is 14.3 Å². The van der Waals surface area contributed by atoms with Gasteiger partial charge in [-0.15, -0.1) is 0 Å². The molecule has 0 aliphatic heterocycles. The summed E-state index contributed by atoms with van der Waals surface area (Å²) >= 11 is 1.17. The van der Waals surface area contributed by atoms with Crippen LogP contribution in [-0.2, 0) is 4.79 Å². The molecule has 1 amide bonds. The van der Waals surface area contributed by atoms with Gasteiger partial charge in [-0.2, -0.15) is 0 Å². The molecule has 3 aromatic carbocycles. The summed E-state index contributed by atoms with van der Waals surface area (Å²) in [7, 11) is 3.11. The summed E-state index contributed by atoms with van der Waals surface area (Å²) in [4.78, 5) is 34.8. The lowest BCUT2D eigenvalue weighted by molar-refractivity contribution is -0.113. The Kier molecular flexibility index (Phi) is 7.19. The van der Waals surface area contributed by atoms with Crippen molar-refractivity contribution in [1.29, 1.82) is 0 Å². The van der Waals surface area contributed by atoms with Crippen molar-refractivity contribution in [2.45, 2.75) is 12.1 Å². The summed E-state index contributed by atoms with van der Waals surface area (Å²) in [5, 5.41) is 3.28. The van der Waals surface area contributed by atoms with Crippen LogP contribution in [0.2, 0.25) is 0 Å². The predicted octanol–water partition coefficient (Wildman–Crippen LogP) is 5.44. The lowest BCUT2D eigenvalue weighted by Gasteiger charge is -2.15. The number of ether oxygens (including phenoxy) is 2. The fourth-order valence-electron chi connectivity index (χ4n) is 4.24. The van der Waals surface area contributed by atoms with Gasteiger partial charge in [0.15, 0.2) is 5.16 Å². The van der Waals surface area contributed by atoms with Crippen LogP contribution in [0.5, 0.6) is 11.5 Å². The molecule has 0 aliphatic carbocycles. The van der Waals surface area contributed by atoms with Gasteiger partial charge in [-0.05, 0) is 42.3 Å². The summed E-state index contributed by atoms with van der Waals surface area (Å²) in [5.74, 6) is 0.854. The van der Waals surface area contributed by atoms with Gasteiger partial charge >= 0.3 is 0 Å². The minimum atomic E-state index is -0.287. The Bertz CT molecular complexity index is 1680. The lowest BCUT2D eigenvalue weighted by atomic mass is 10.1. The molecular weight excluding hydrogens is 500 g/mol. The number of hydrogen-bond acceptors (Lipinski definition) is 6. The molecule has 8 nitrogen and oxygen atoms in total. The number of nitrogens with zero attached hydrogens (tertiary/aromatic N) is 2. The quantitative estimate of drug-likeness (QED) is 0.206. The Morgan fingerprint density at radius 3 is 2.50 bits per heavy atom. The number of thioether (sulfide) groups is 1. The van der Waals surface area contributed by atoms with Crippen LogP contribution in [0.4, 0.5) is 5.69 Å². The third kappa shape index (κ3) is 4.88. The van der Waals surface area contributed by atoms with Gasteiger partial charge in [0, 0.05) is 11.8 Å². The molecular formula is C29H26N4O4S. The number of rotatable bonds is 8. The van der Waals surface area contributed by atoms with Gasteiger partial charge in [0.25, 0.3) is 5.56 Å². The zero-order chi connectivity index (χ0) is 26.6. The van der Waals surface area contributed by atoms with Crippen molar-refractivity contribution in [2.75, 3.05) is 25.3 Å². The molecule has 0 fully saturated rings. The average molecular weight is 527 g/mol. The Hall–Kier alpha value is -4.50. The highest BCUT2D eigenvalue weighted by Crippen LogP contribution is 2.31. The van der Waals surface area contributed by atoms with Crippen LogP contribution >= 0.6 is 11.8 Å². The van der Waals surface area contributed by atoms with Gasteiger partial charge in [-0.1, -0.05) is 60.3 Å². The molecule has 0 bridgehead atoms. The maximum Gasteiger partial charge on any atom is 0.283 e. The highest BCUT2D eigenvalue weighted by molar-refractivity contribution is 7.99. The Morgan fingerprint density at radius 1 is 1.00 bits per heavy atom. The Labute approximate surface area is 223 Å². The van der Waals surface area contributed by atoms with Gasteiger partial charge in [0.05, 0.1) is 31.3 Å². The number of para-hydroxylation sites is 2. The number of aryl methyl sites for hydroxylation is 1. The minimum Gasteiger partial charge on any atom is -0.495 e. The maximum absolute atomic E-state index is 13.8. The van der Waals surface area contributed by atoms with Gasteiger partial charge < -0.3 is 19.8 Å². The van der Waals surface area contributed by atoms with Crippen molar-refractivity contribution in [1.82, 2.24) is 14.5 Å². The number of carbonyl (C=O) groups is 1. The first-order valence-electron chi connectivity index (χ1n) is 11.9. The van der Waals surface area contributed by atoms with E-state index in [1.165, 1.54) is 16.3 Å². The number of anilines is 1. The van der Waals surface area contributed by atoms with Gasteiger partial charge in [0.1, 0.15) is 22.5 Å². The molecule has 0 saturated carbocycles. The lowest BCUT2D eigenvalue weighted by Crippen LogP contribution is -2.23. The molecule has 0 spiro atoms. The van der Waals surface area contributed by atoms with Crippen LogP contribution in [-0.4, -0.2) is 40.4 Å². The second-order valence-electron chi connectivity index (χ2n) is 8.54. The van der Waals surface area contributed by atoms with Crippen LogP contribution in [0.15, 0.2) is 88.9 Å². The van der Waals surface area contributed by atoms with E-state index in [1.54, 1.807) is 32.5 Å². The first-order chi connectivity index (χ1) is 18.5. The number of H-pyrrole nitrogens is 1. The number of methoxy groups -OCH3 is 2. The molecule has 0 atom stereocenters. The SMILES string of the molecule is COc1ccc(C)cc1NC(=O)CSc1nc2c(-c3ccccc3)c[nH]c2c(=O)n1-c1ccccc1OC. The molecule has 2 N–H and O–H groups in total. The largest absolute Gasteiger partial charge is 0.495 e. The normalized spacial score (nSPS) is 10.9. The van der Waals surface area contributed by atoms with Gasteiger partial charge in [-0.3, -0.25) is 9.59 Å². The van der Waals surface area contributed by atoms with Crippen LogP contribution in [0.3, 0.4) is 0 Å². The van der Waals surface area contributed by atoms with Crippen molar-refractivity contribution in [3.8, 4) is 28.3 Å². The summed E-state index contributed by atoms with van der Waals surface area (Å²) in [6.45, 7) is 1.94. The van der Waals surface area contributed by atoms with E-state index in [1.807, 2.05) is 67.6 Å². The zero-order valence-electron chi connectivity index (χ0n) is 21.1. The molecule has 0 saturated heterocycles. The van der Waals surface area contributed by atoms with Crippen LogP contribution < -0.4 is 20.3 Å². The summed E-state index contributed by atoms with van der Waals surface area (Å²) in [6, 6.07) is 22.5. The van der Waals surface area contributed by atoms with Gasteiger partial charge in [0.2, 0.25) is 5.91 Å². The second-order valence-corrected chi connectivity index (χ2v) is 9.48. The summed E-state index contributed by atoms with van der Waals surface area (Å²) in [5.41, 5.74) is 4.47. The number of hydrogen-bond donors (Lipinski definition) is 2. The van der Waals surface area contributed by atoms with Crippen molar-refractivity contribution >= 4 is 34.4 Å². The first-order valence-corrected chi connectivity index (χ1v) is 12.9. The standard InChI is InChI=1S/C29H26N4O4S/c1-18-13-14-23(36-2)21(15-18)31-25(34)17-38-29-32-26-20(19-9-5-4-6-10-19)16-30-27(26)28(35)33(29)22-11-7-8-12-24(22)37-3/h4-16,30H,17H2,1-3H3,(H,31,34). The third-order valence-corrected chi connectivity index (χ3v) is 6.98. The third-order valence-electron chi connectivity index (χ3n) is 6.04. The summed E-state index contributed by atoms with van der Waals surface area (Å²) < 4.78 is 12.4. The number of aromatic nitrogens is 3. The molecule has 38 heavy (non-hydrogen) atoms. The van der Waals surface area contributed by atoms with E-state index in [0.717, 1.165) is 16.7 Å². The number of aromatic amines is 1. The van der Waals surface area contributed by atoms with E-state index in [4.69, 9.17) is 14.5 Å². The van der Waals surface area contributed by atoms with Crippen LogP contribution in [0, 0.1) is 6.92 Å². The smallest absolute Gasteiger partial charge is 0.283 e. The molecule has 2 aromatic heterocycles. The fourth-order valence-corrected chi connectivity index (χ4v) is 5.04. The second kappa shape index (κ2) is 10.9. The van der Waals surface area contributed by atoms with E-state index in [0.29, 0.717) is 39.1 Å². The van der Waals surface area contributed by atoms with Crippen molar-refractivity contribution in [3.05, 3.63) is 94.9 Å². The van der Waals surface area contributed by atoms with Crippen LogP contribution in [0.25, 0.3) is 27.8 Å². The highest BCUT2D eigenvalue weighted by atomic mass is 32.2. The number of carbonyl (C=O) groups excluding carboxylic acids is 1. The van der Waals surface area contributed by atoms with E-state index >= 15 is 0 Å². The number of benzene rings is 3. The predicted molar refractivity (Wildman–Crippen MR) is 151 cm³/mol.